The van der Waals surface area contributed by atoms with Crippen LogP contribution >= 0.6 is 11.6 Å². The highest BCUT2D eigenvalue weighted by molar-refractivity contribution is 6.30. The predicted octanol–water partition coefficient (Wildman–Crippen LogP) is 3.74. The van der Waals surface area contributed by atoms with E-state index in [0.717, 1.165) is 12.8 Å². The molecule has 1 aromatic rings. The topological polar surface area (TPSA) is 20.3 Å². The Morgan fingerprint density at radius 3 is 2.65 bits per heavy atom. The molecule has 0 aromatic heterocycles. The molecule has 0 radical (unpaired) electrons. The van der Waals surface area contributed by atoms with Crippen LogP contribution in [0.3, 0.4) is 0 Å². The van der Waals surface area contributed by atoms with E-state index in [0.29, 0.717) is 16.6 Å². The Morgan fingerprint density at radius 1 is 1.29 bits per heavy atom. The highest BCUT2D eigenvalue weighted by Crippen LogP contribution is 2.23. The van der Waals surface area contributed by atoms with Gasteiger partial charge in [0.25, 0.3) is 5.91 Å². The van der Waals surface area contributed by atoms with Crippen molar-refractivity contribution in [1.29, 1.82) is 0 Å². The summed E-state index contributed by atoms with van der Waals surface area (Å²) in [5, 5.41) is 0.618. The lowest BCUT2D eigenvalue weighted by atomic mass is 9.94. The number of hydrogen-bond donors (Lipinski definition) is 0. The largest absolute Gasteiger partial charge is 0.339 e. The molecule has 0 unspecified atom stereocenters. The van der Waals surface area contributed by atoms with E-state index in [1.165, 1.54) is 19.3 Å². The third kappa shape index (κ3) is 3.01. The lowest BCUT2D eigenvalue weighted by molar-refractivity contribution is 0.0696. The normalized spacial score (nSPS) is 16.8. The van der Waals surface area contributed by atoms with Crippen molar-refractivity contribution in [3.8, 4) is 0 Å². The van der Waals surface area contributed by atoms with E-state index in [9.17, 15) is 4.79 Å². The van der Waals surface area contributed by atoms with E-state index < -0.39 is 0 Å². The van der Waals surface area contributed by atoms with Gasteiger partial charge >= 0.3 is 0 Å². The fourth-order valence-electron chi connectivity index (χ4n) is 2.46. The molecule has 1 aliphatic carbocycles. The predicted molar refractivity (Wildman–Crippen MR) is 70.4 cm³/mol. The van der Waals surface area contributed by atoms with E-state index in [1.54, 1.807) is 12.1 Å². The summed E-state index contributed by atoms with van der Waals surface area (Å²) in [4.78, 5) is 14.1. The molecule has 1 saturated carbocycles. The molecule has 1 fully saturated rings. The summed E-state index contributed by atoms with van der Waals surface area (Å²) in [5.41, 5.74) is 0.686. The maximum absolute atomic E-state index is 12.3. The number of rotatable bonds is 2. The van der Waals surface area contributed by atoms with Crippen LogP contribution < -0.4 is 0 Å². The van der Waals surface area contributed by atoms with Gasteiger partial charge in [-0.3, -0.25) is 4.79 Å². The molecule has 0 aliphatic heterocycles. The van der Waals surface area contributed by atoms with Crippen LogP contribution in [-0.4, -0.2) is 23.9 Å². The summed E-state index contributed by atoms with van der Waals surface area (Å²) in [6.45, 7) is 0. The zero-order valence-corrected chi connectivity index (χ0v) is 10.9. The van der Waals surface area contributed by atoms with Crippen molar-refractivity contribution in [2.45, 2.75) is 38.1 Å². The van der Waals surface area contributed by atoms with E-state index in [1.807, 2.05) is 24.1 Å². The highest BCUT2D eigenvalue weighted by Gasteiger charge is 2.22. The van der Waals surface area contributed by atoms with Gasteiger partial charge in [-0.25, -0.2) is 0 Å². The second-order valence-electron chi connectivity index (χ2n) is 4.72. The maximum atomic E-state index is 12.3. The van der Waals surface area contributed by atoms with E-state index in [4.69, 9.17) is 11.6 Å². The maximum Gasteiger partial charge on any atom is 0.253 e. The first kappa shape index (κ1) is 12.4. The Kier molecular flexibility index (Phi) is 4.06. The molecule has 1 aromatic carbocycles. The van der Waals surface area contributed by atoms with Crippen molar-refractivity contribution in [3.05, 3.63) is 34.9 Å². The molecular formula is C14H18ClNO. The van der Waals surface area contributed by atoms with E-state index in [2.05, 4.69) is 0 Å². The van der Waals surface area contributed by atoms with Gasteiger partial charge in [0.05, 0.1) is 0 Å². The minimum absolute atomic E-state index is 0.0828. The minimum atomic E-state index is 0.0828. The molecule has 1 aliphatic rings. The number of amides is 1. The Hall–Kier alpha value is -1.02. The van der Waals surface area contributed by atoms with Crippen molar-refractivity contribution >= 4 is 17.5 Å². The summed E-state index contributed by atoms with van der Waals surface area (Å²) in [5.74, 6) is 0.0828. The molecule has 3 heteroatoms. The molecule has 17 heavy (non-hydrogen) atoms. The van der Waals surface area contributed by atoms with E-state index >= 15 is 0 Å². The molecule has 2 nitrogen and oxygen atoms in total. The number of nitrogens with zero attached hydrogens (tertiary/aromatic N) is 1. The van der Waals surface area contributed by atoms with Gasteiger partial charge in [0, 0.05) is 23.7 Å². The molecule has 0 saturated heterocycles. The molecular weight excluding hydrogens is 234 g/mol. The van der Waals surface area contributed by atoms with Crippen LogP contribution in [0.25, 0.3) is 0 Å². The molecule has 2 rings (SSSR count). The van der Waals surface area contributed by atoms with Gasteiger partial charge in [0.1, 0.15) is 0 Å². The molecule has 92 valence electrons. The van der Waals surface area contributed by atoms with Crippen molar-refractivity contribution < 1.29 is 4.79 Å². The third-order valence-electron chi connectivity index (χ3n) is 3.51. The quantitative estimate of drug-likeness (QED) is 0.784. The van der Waals surface area contributed by atoms with Crippen LogP contribution in [0.2, 0.25) is 5.02 Å². The van der Waals surface area contributed by atoms with Gasteiger partial charge in [-0.2, -0.15) is 0 Å². The zero-order chi connectivity index (χ0) is 12.3. The molecule has 0 atom stereocenters. The second-order valence-corrected chi connectivity index (χ2v) is 5.15. The number of carbonyl (C=O) groups is 1. The first-order valence-corrected chi connectivity index (χ1v) is 6.59. The summed E-state index contributed by atoms with van der Waals surface area (Å²) >= 11 is 5.91. The second kappa shape index (κ2) is 5.54. The van der Waals surface area contributed by atoms with Gasteiger partial charge in [0.2, 0.25) is 0 Å². The zero-order valence-electron chi connectivity index (χ0n) is 10.2. The monoisotopic (exact) mass is 251 g/mol. The molecule has 0 N–H and O–H groups in total. The number of carbonyl (C=O) groups excluding carboxylic acids is 1. The molecule has 0 heterocycles. The van der Waals surface area contributed by atoms with Crippen molar-refractivity contribution in [1.82, 2.24) is 4.90 Å². The lowest BCUT2D eigenvalue weighted by Crippen LogP contribution is -2.38. The van der Waals surface area contributed by atoms with Crippen LogP contribution in [0.4, 0.5) is 0 Å². The number of hydrogen-bond acceptors (Lipinski definition) is 1. The number of halogens is 1. The van der Waals surface area contributed by atoms with E-state index in [-0.39, 0.29) is 5.91 Å². The van der Waals surface area contributed by atoms with Crippen LogP contribution in [-0.2, 0) is 0 Å². The average molecular weight is 252 g/mol. The van der Waals surface area contributed by atoms with Crippen LogP contribution in [0.1, 0.15) is 42.5 Å². The smallest absolute Gasteiger partial charge is 0.253 e. The van der Waals surface area contributed by atoms with Gasteiger partial charge in [-0.15, -0.1) is 0 Å². The summed E-state index contributed by atoms with van der Waals surface area (Å²) in [6.07, 6.45) is 6.02. The first-order valence-electron chi connectivity index (χ1n) is 6.21. The standard InChI is InChI=1S/C14H18ClNO/c1-16(13-8-3-2-4-9-13)14(17)11-6-5-7-12(15)10-11/h5-7,10,13H,2-4,8-9H2,1H3. The third-order valence-corrected chi connectivity index (χ3v) is 3.75. The Labute approximate surface area is 108 Å². The van der Waals surface area contributed by atoms with Gasteiger partial charge in [0.15, 0.2) is 0 Å². The fraction of sp³-hybridized carbons (Fsp3) is 0.500. The average Bonchev–Trinajstić information content (AvgIpc) is 2.38. The SMILES string of the molecule is CN(C(=O)c1cccc(Cl)c1)C1CCCCC1. The van der Waals surface area contributed by atoms with Crippen LogP contribution in [0.15, 0.2) is 24.3 Å². The van der Waals surface area contributed by atoms with Gasteiger partial charge in [-0.05, 0) is 31.0 Å². The minimum Gasteiger partial charge on any atom is -0.339 e. The first-order chi connectivity index (χ1) is 8.18. The summed E-state index contributed by atoms with van der Waals surface area (Å²) < 4.78 is 0. The summed E-state index contributed by atoms with van der Waals surface area (Å²) in [7, 11) is 1.90. The van der Waals surface area contributed by atoms with Crippen molar-refractivity contribution in [2.24, 2.45) is 0 Å². The molecule has 0 bridgehead atoms. The Balaban J connectivity index is 2.08. The highest BCUT2D eigenvalue weighted by atomic mass is 35.5. The molecule has 1 amide bonds. The summed E-state index contributed by atoms with van der Waals surface area (Å²) in [6, 6.07) is 7.58. The Bertz CT molecular complexity index is 399. The molecule has 0 spiro atoms. The number of benzene rings is 1. The van der Waals surface area contributed by atoms with Crippen molar-refractivity contribution in [3.63, 3.8) is 0 Å². The van der Waals surface area contributed by atoms with Gasteiger partial charge in [-0.1, -0.05) is 36.9 Å². The fourth-order valence-corrected chi connectivity index (χ4v) is 2.65. The van der Waals surface area contributed by atoms with Crippen molar-refractivity contribution in [2.75, 3.05) is 7.05 Å². The van der Waals surface area contributed by atoms with Crippen LogP contribution in [0, 0.1) is 0 Å². The Morgan fingerprint density at radius 2 is 2.00 bits per heavy atom. The van der Waals surface area contributed by atoms with Gasteiger partial charge < -0.3 is 4.90 Å². The van der Waals surface area contributed by atoms with Crippen LogP contribution in [0.5, 0.6) is 0 Å². The lowest BCUT2D eigenvalue weighted by Gasteiger charge is -2.31.